The van der Waals surface area contributed by atoms with Crippen molar-refractivity contribution in [3.63, 3.8) is 0 Å². The highest BCUT2D eigenvalue weighted by Gasteiger charge is 2.02. The van der Waals surface area contributed by atoms with Crippen molar-refractivity contribution in [3.05, 3.63) is 36.2 Å². The number of nitrogens with one attached hydrogen (secondary N) is 1. The summed E-state index contributed by atoms with van der Waals surface area (Å²) in [6.07, 6.45) is 3.78. The summed E-state index contributed by atoms with van der Waals surface area (Å²) in [5.74, 6) is 1.66. The first-order chi connectivity index (χ1) is 10.7. The Bertz CT molecular complexity index is 646. The van der Waals surface area contributed by atoms with E-state index >= 15 is 0 Å². The molecule has 22 heavy (non-hydrogen) atoms. The number of phenols is 1. The molecule has 1 aromatic carbocycles. The van der Waals surface area contributed by atoms with Crippen LogP contribution in [0, 0.1) is 0 Å². The number of aromatic hydroxyl groups is 1. The van der Waals surface area contributed by atoms with Gasteiger partial charge in [-0.15, -0.1) is 0 Å². The number of hydrogen-bond donors (Lipinski definition) is 2. The molecule has 0 aliphatic carbocycles. The SMILES string of the molecule is CCCOc1ccc(/C=N\Nc2cc(OC)ncn2)c(O)c1. The Balaban J connectivity index is 2.00. The van der Waals surface area contributed by atoms with E-state index in [0.29, 0.717) is 29.6 Å². The van der Waals surface area contributed by atoms with Gasteiger partial charge in [-0.25, -0.2) is 9.97 Å². The minimum absolute atomic E-state index is 0.0967. The molecule has 0 saturated carbocycles. The monoisotopic (exact) mass is 302 g/mol. The summed E-state index contributed by atoms with van der Waals surface area (Å²) in [7, 11) is 1.52. The van der Waals surface area contributed by atoms with Gasteiger partial charge in [0.15, 0.2) is 5.82 Å². The summed E-state index contributed by atoms with van der Waals surface area (Å²) in [5.41, 5.74) is 3.31. The highest BCUT2D eigenvalue weighted by atomic mass is 16.5. The van der Waals surface area contributed by atoms with Crippen LogP contribution in [0.15, 0.2) is 35.7 Å². The fourth-order valence-electron chi connectivity index (χ4n) is 1.62. The molecular formula is C15H18N4O3. The van der Waals surface area contributed by atoms with Gasteiger partial charge in [0.25, 0.3) is 0 Å². The second-order valence-corrected chi connectivity index (χ2v) is 4.38. The maximum atomic E-state index is 9.93. The normalized spacial score (nSPS) is 10.6. The van der Waals surface area contributed by atoms with Crippen molar-refractivity contribution in [2.75, 3.05) is 19.1 Å². The van der Waals surface area contributed by atoms with Crippen LogP contribution >= 0.6 is 0 Å². The predicted octanol–water partition coefficient (Wildman–Crippen LogP) is 2.43. The number of methoxy groups -OCH3 is 1. The third kappa shape index (κ3) is 4.34. The van der Waals surface area contributed by atoms with Gasteiger partial charge in [0.05, 0.1) is 19.9 Å². The average Bonchev–Trinajstić information content (AvgIpc) is 2.55. The smallest absolute Gasteiger partial charge is 0.218 e. The Morgan fingerprint density at radius 2 is 2.18 bits per heavy atom. The Morgan fingerprint density at radius 3 is 2.91 bits per heavy atom. The molecule has 0 amide bonds. The lowest BCUT2D eigenvalue weighted by atomic mass is 10.2. The van der Waals surface area contributed by atoms with E-state index in [4.69, 9.17) is 9.47 Å². The lowest BCUT2D eigenvalue weighted by Gasteiger charge is -2.06. The number of nitrogens with zero attached hydrogens (tertiary/aromatic N) is 3. The minimum Gasteiger partial charge on any atom is -0.507 e. The first kappa shape index (κ1) is 15.6. The van der Waals surface area contributed by atoms with Crippen LogP contribution in [0.1, 0.15) is 18.9 Å². The fraction of sp³-hybridized carbons (Fsp3) is 0.267. The van der Waals surface area contributed by atoms with Crippen molar-refractivity contribution in [2.45, 2.75) is 13.3 Å². The Labute approximate surface area is 128 Å². The molecule has 7 heteroatoms. The van der Waals surface area contributed by atoms with Crippen LogP contribution in [-0.2, 0) is 0 Å². The van der Waals surface area contributed by atoms with Gasteiger partial charge in [-0.05, 0) is 18.6 Å². The van der Waals surface area contributed by atoms with E-state index in [1.807, 2.05) is 6.92 Å². The zero-order valence-corrected chi connectivity index (χ0v) is 12.5. The van der Waals surface area contributed by atoms with E-state index in [1.165, 1.54) is 19.7 Å². The summed E-state index contributed by atoms with van der Waals surface area (Å²) < 4.78 is 10.4. The third-order valence-corrected chi connectivity index (χ3v) is 2.71. The van der Waals surface area contributed by atoms with E-state index in [1.54, 1.807) is 24.3 Å². The summed E-state index contributed by atoms with van der Waals surface area (Å²) in [5, 5.41) is 13.9. The summed E-state index contributed by atoms with van der Waals surface area (Å²) in [6.45, 7) is 2.64. The Kier molecular flexibility index (Phi) is 5.53. The lowest BCUT2D eigenvalue weighted by molar-refractivity contribution is 0.315. The van der Waals surface area contributed by atoms with Gasteiger partial charge in [0, 0.05) is 17.7 Å². The van der Waals surface area contributed by atoms with Crippen LogP contribution in [0.25, 0.3) is 0 Å². The molecule has 1 aromatic heterocycles. The van der Waals surface area contributed by atoms with E-state index in [2.05, 4.69) is 20.5 Å². The van der Waals surface area contributed by atoms with Crippen molar-refractivity contribution in [2.24, 2.45) is 5.10 Å². The molecule has 7 nitrogen and oxygen atoms in total. The van der Waals surface area contributed by atoms with Gasteiger partial charge in [-0.1, -0.05) is 6.92 Å². The fourth-order valence-corrected chi connectivity index (χ4v) is 1.62. The zero-order valence-electron chi connectivity index (χ0n) is 12.5. The summed E-state index contributed by atoms with van der Waals surface area (Å²) in [6, 6.07) is 6.68. The van der Waals surface area contributed by atoms with Crippen LogP contribution in [0.4, 0.5) is 5.82 Å². The molecular weight excluding hydrogens is 284 g/mol. The standard InChI is InChI=1S/C15H18N4O3/c1-3-6-22-12-5-4-11(13(20)7-12)9-18-19-14-8-15(21-2)17-10-16-14/h4-5,7-10,20H,3,6H2,1-2H3,(H,16,17,19)/b18-9-. The van der Waals surface area contributed by atoms with E-state index in [0.717, 1.165) is 6.42 Å². The zero-order chi connectivity index (χ0) is 15.8. The number of anilines is 1. The molecule has 0 spiro atoms. The minimum atomic E-state index is 0.0967. The maximum absolute atomic E-state index is 9.93. The molecule has 0 unspecified atom stereocenters. The van der Waals surface area contributed by atoms with Gasteiger partial charge in [0.2, 0.25) is 5.88 Å². The van der Waals surface area contributed by atoms with Crippen LogP contribution in [-0.4, -0.2) is 35.0 Å². The predicted molar refractivity (Wildman–Crippen MR) is 83.7 cm³/mol. The van der Waals surface area contributed by atoms with E-state index < -0.39 is 0 Å². The molecule has 2 N–H and O–H groups in total. The van der Waals surface area contributed by atoms with Crippen molar-refractivity contribution in [1.82, 2.24) is 9.97 Å². The highest BCUT2D eigenvalue weighted by Crippen LogP contribution is 2.22. The lowest BCUT2D eigenvalue weighted by Crippen LogP contribution is -1.97. The van der Waals surface area contributed by atoms with Gasteiger partial charge in [-0.3, -0.25) is 5.43 Å². The molecule has 116 valence electrons. The molecule has 2 aromatic rings. The molecule has 0 saturated heterocycles. The molecule has 0 aliphatic rings. The Morgan fingerprint density at radius 1 is 1.32 bits per heavy atom. The largest absolute Gasteiger partial charge is 0.507 e. The number of aromatic nitrogens is 2. The van der Waals surface area contributed by atoms with Crippen molar-refractivity contribution >= 4 is 12.0 Å². The van der Waals surface area contributed by atoms with Crippen LogP contribution in [0.2, 0.25) is 0 Å². The summed E-state index contributed by atoms with van der Waals surface area (Å²) >= 11 is 0. The number of hydrazone groups is 1. The van der Waals surface area contributed by atoms with Crippen molar-refractivity contribution < 1.29 is 14.6 Å². The van der Waals surface area contributed by atoms with Crippen LogP contribution in [0.5, 0.6) is 17.4 Å². The molecule has 1 heterocycles. The van der Waals surface area contributed by atoms with Crippen LogP contribution < -0.4 is 14.9 Å². The number of ether oxygens (including phenoxy) is 2. The molecule has 2 rings (SSSR count). The number of hydrogen-bond acceptors (Lipinski definition) is 7. The van der Waals surface area contributed by atoms with Crippen LogP contribution in [0.3, 0.4) is 0 Å². The molecule has 0 aliphatic heterocycles. The van der Waals surface area contributed by atoms with Crippen molar-refractivity contribution in [3.8, 4) is 17.4 Å². The molecule has 0 bridgehead atoms. The molecule has 0 radical (unpaired) electrons. The highest BCUT2D eigenvalue weighted by molar-refractivity contribution is 5.84. The Hall–Kier alpha value is -2.83. The first-order valence-electron chi connectivity index (χ1n) is 6.84. The second kappa shape index (κ2) is 7.82. The number of phenolic OH excluding ortho intramolecular Hbond substituents is 1. The average molecular weight is 302 g/mol. The first-order valence-corrected chi connectivity index (χ1v) is 6.84. The third-order valence-electron chi connectivity index (χ3n) is 2.71. The van der Waals surface area contributed by atoms with E-state index in [9.17, 15) is 5.11 Å². The quantitative estimate of drug-likeness (QED) is 0.603. The molecule has 0 atom stereocenters. The second-order valence-electron chi connectivity index (χ2n) is 4.38. The number of benzene rings is 1. The summed E-state index contributed by atoms with van der Waals surface area (Å²) in [4.78, 5) is 7.88. The number of rotatable bonds is 7. The van der Waals surface area contributed by atoms with E-state index in [-0.39, 0.29) is 5.75 Å². The van der Waals surface area contributed by atoms with Gasteiger partial charge in [-0.2, -0.15) is 5.10 Å². The van der Waals surface area contributed by atoms with Gasteiger partial charge >= 0.3 is 0 Å². The maximum Gasteiger partial charge on any atom is 0.218 e. The van der Waals surface area contributed by atoms with Gasteiger partial charge in [0.1, 0.15) is 17.8 Å². The van der Waals surface area contributed by atoms with Crippen molar-refractivity contribution in [1.29, 1.82) is 0 Å². The topological polar surface area (TPSA) is 88.9 Å². The molecule has 0 fully saturated rings. The van der Waals surface area contributed by atoms with Gasteiger partial charge < -0.3 is 14.6 Å².